The van der Waals surface area contributed by atoms with Gasteiger partial charge in [-0.05, 0) is 60.7 Å². The molecule has 0 aromatic heterocycles. The Morgan fingerprint density at radius 1 is 1.14 bits per heavy atom. The number of hydrogen-bond acceptors (Lipinski definition) is 7. The minimum atomic E-state index is -4.42. The van der Waals surface area contributed by atoms with E-state index in [-0.39, 0.29) is 32.7 Å². The lowest BCUT2D eigenvalue weighted by atomic mass is 10.1. The summed E-state index contributed by atoms with van der Waals surface area (Å²) in [6.45, 7) is -0.555. The van der Waals surface area contributed by atoms with Crippen LogP contribution in [0.4, 0.5) is 20.6 Å². The number of hydrogen-bond donors (Lipinski definition) is 2. The van der Waals surface area contributed by atoms with Crippen LogP contribution >= 0.6 is 11.6 Å². The smallest absolute Gasteiger partial charge is 0.495 e. The zero-order valence-corrected chi connectivity index (χ0v) is 20.0. The average Bonchev–Trinajstić information content (AvgIpc) is 2.84. The molecule has 188 valence electrons. The molecule has 2 N–H and O–H groups in total. The summed E-state index contributed by atoms with van der Waals surface area (Å²) in [4.78, 5) is 23.6. The Hall–Kier alpha value is -4.03. The fraction of sp³-hybridized carbons (Fsp3) is 0.130. The van der Waals surface area contributed by atoms with Crippen molar-refractivity contribution < 1.29 is 41.7 Å². The summed E-state index contributed by atoms with van der Waals surface area (Å²) in [5, 5.41) is 11.7. The van der Waals surface area contributed by atoms with Gasteiger partial charge in [0.05, 0.1) is 12.8 Å². The summed E-state index contributed by atoms with van der Waals surface area (Å²) in [5.74, 6) is -1.14. The number of ether oxygens (including phenoxy) is 3. The maximum absolute atomic E-state index is 13.7. The highest BCUT2D eigenvalue weighted by atomic mass is 35.5. The van der Waals surface area contributed by atoms with Crippen LogP contribution in [0.2, 0.25) is 5.02 Å². The van der Waals surface area contributed by atoms with E-state index in [2.05, 4.69) is 10.1 Å². The molecule has 3 aromatic carbocycles. The highest BCUT2D eigenvalue weighted by molar-refractivity contribution is 7.93. The summed E-state index contributed by atoms with van der Waals surface area (Å²) >= 11 is 6.03. The van der Waals surface area contributed by atoms with Gasteiger partial charge in [-0.3, -0.25) is 9.10 Å². The molecule has 0 saturated heterocycles. The lowest BCUT2D eigenvalue weighted by Crippen LogP contribution is -2.45. The Labute approximate surface area is 209 Å². The standard InChI is InChI=1S/C23H18ClFN2O8S/c1-33-19-9-3-14(24)11-20(19)36(31,32)27-12-21(35-23(29)30)34-18-8-2-13(10-17(18)27)22(28)26-16-6-4-15(25)5-7-16/h2-11,21H,12H2,1H3,(H,26,28)(H,29,30). The molecule has 3 aromatic rings. The average molecular weight is 537 g/mol. The number of benzene rings is 3. The summed E-state index contributed by atoms with van der Waals surface area (Å²) in [7, 11) is -3.14. The maximum atomic E-state index is 13.7. The molecule has 4 rings (SSSR count). The van der Waals surface area contributed by atoms with Gasteiger partial charge in [0.15, 0.2) is 0 Å². The number of halogens is 2. The highest BCUT2D eigenvalue weighted by Gasteiger charge is 2.38. The van der Waals surface area contributed by atoms with Crippen molar-refractivity contribution in [2.24, 2.45) is 0 Å². The third kappa shape index (κ3) is 5.14. The van der Waals surface area contributed by atoms with Crippen molar-refractivity contribution in [2.45, 2.75) is 11.2 Å². The minimum Gasteiger partial charge on any atom is -0.495 e. The highest BCUT2D eigenvalue weighted by Crippen LogP contribution is 2.40. The second-order valence-electron chi connectivity index (χ2n) is 7.41. The first-order valence-corrected chi connectivity index (χ1v) is 12.0. The van der Waals surface area contributed by atoms with E-state index >= 15 is 0 Å². The number of sulfonamides is 1. The number of nitrogens with one attached hydrogen (secondary N) is 1. The van der Waals surface area contributed by atoms with Crippen molar-refractivity contribution in [2.75, 3.05) is 23.3 Å². The fourth-order valence-electron chi connectivity index (χ4n) is 3.47. The normalized spacial score (nSPS) is 14.9. The van der Waals surface area contributed by atoms with Crippen molar-refractivity contribution in [3.8, 4) is 11.5 Å². The van der Waals surface area contributed by atoms with Crippen LogP contribution in [0.5, 0.6) is 11.5 Å². The number of carbonyl (C=O) groups excluding carboxylic acids is 1. The predicted molar refractivity (Wildman–Crippen MR) is 127 cm³/mol. The van der Waals surface area contributed by atoms with E-state index in [9.17, 15) is 22.4 Å². The number of carbonyl (C=O) groups is 2. The van der Waals surface area contributed by atoms with Crippen LogP contribution in [0.25, 0.3) is 0 Å². The first-order chi connectivity index (χ1) is 17.1. The number of anilines is 2. The molecule has 0 spiro atoms. The molecule has 1 aliphatic rings. The Balaban J connectivity index is 1.77. The van der Waals surface area contributed by atoms with Crippen molar-refractivity contribution >= 4 is 45.1 Å². The second-order valence-corrected chi connectivity index (χ2v) is 9.67. The fourth-order valence-corrected chi connectivity index (χ4v) is 5.35. The molecule has 13 heteroatoms. The summed E-state index contributed by atoms with van der Waals surface area (Å²) in [5.41, 5.74) is 0.324. The van der Waals surface area contributed by atoms with E-state index < -0.39 is 40.7 Å². The molecule has 10 nitrogen and oxygen atoms in total. The Morgan fingerprint density at radius 2 is 1.86 bits per heavy atom. The summed E-state index contributed by atoms with van der Waals surface area (Å²) in [6.07, 6.45) is -3.16. The number of nitrogens with zero attached hydrogens (tertiary/aromatic N) is 1. The molecule has 1 unspecified atom stereocenters. The second kappa shape index (κ2) is 9.91. The van der Waals surface area contributed by atoms with Gasteiger partial charge in [-0.2, -0.15) is 0 Å². The van der Waals surface area contributed by atoms with Gasteiger partial charge in [-0.15, -0.1) is 0 Å². The number of carboxylic acid groups (broad SMARTS) is 1. The Kier molecular flexibility index (Phi) is 6.91. The van der Waals surface area contributed by atoms with Crippen LogP contribution in [0.15, 0.2) is 65.6 Å². The molecule has 1 heterocycles. The SMILES string of the molecule is COc1ccc(Cl)cc1S(=O)(=O)N1CC(OC(=O)O)Oc2ccc(C(=O)Nc3ccc(F)cc3)cc21. The number of methoxy groups -OCH3 is 1. The monoisotopic (exact) mass is 536 g/mol. The Morgan fingerprint density at radius 3 is 2.53 bits per heavy atom. The van der Waals surface area contributed by atoms with E-state index in [1.165, 1.54) is 67.8 Å². The number of fused-ring (bicyclic) bond motifs is 1. The van der Waals surface area contributed by atoms with Crippen molar-refractivity contribution in [1.82, 2.24) is 0 Å². The molecular weight excluding hydrogens is 519 g/mol. The molecule has 1 atom stereocenters. The summed E-state index contributed by atoms with van der Waals surface area (Å²) in [6, 6.07) is 13.0. The van der Waals surface area contributed by atoms with Gasteiger partial charge in [-0.25, -0.2) is 17.6 Å². The van der Waals surface area contributed by atoms with Gasteiger partial charge < -0.3 is 24.6 Å². The zero-order valence-electron chi connectivity index (χ0n) is 18.5. The topological polar surface area (TPSA) is 131 Å². The van der Waals surface area contributed by atoms with E-state index in [1.807, 2.05) is 0 Å². The number of amides is 1. The molecular formula is C23H18ClFN2O8S. The van der Waals surface area contributed by atoms with Crippen molar-refractivity contribution in [1.29, 1.82) is 0 Å². The Bertz CT molecular complexity index is 1430. The molecule has 0 radical (unpaired) electrons. The van der Waals surface area contributed by atoms with E-state index in [1.54, 1.807) is 0 Å². The van der Waals surface area contributed by atoms with E-state index in [0.717, 1.165) is 4.31 Å². The molecule has 1 aliphatic heterocycles. The lowest BCUT2D eigenvalue weighted by Gasteiger charge is -2.34. The largest absolute Gasteiger partial charge is 0.508 e. The molecule has 0 bridgehead atoms. The van der Waals surface area contributed by atoms with Crippen molar-refractivity contribution in [3.05, 3.63) is 77.1 Å². The summed E-state index contributed by atoms with van der Waals surface area (Å²) < 4.78 is 56.8. The van der Waals surface area contributed by atoms with E-state index in [0.29, 0.717) is 5.69 Å². The molecule has 0 saturated carbocycles. The first-order valence-electron chi connectivity index (χ1n) is 10.2. The van der Waals surface area contributed by atoms with Crippen LogP contribution in [0.3, 0.4) is 0 Å². The maximum Gasteiger partial charge on any atom is 0.508 e. The van der Waals surface area contributed by atoms with Crippen LogP contribution in [-0.2, 0) is 14.8 Å². The third-order valence-corrected chi connectivity index (χ3v) is 7.13. The zero-order chi connectivity index (χ0) is 26.0. The van der Waals surface area contributed by atoms with Crippen LogP contribution in [0, 0.1) is 5.82 Å². The molecule has 0 aliphatic carbocycles. The van der Waals surface area contributed by atoms with Crippen LogP contribution < -0.4 is 19.1 Å². The van der Waals surface area contributed by atoms with Gasteiger partial charge in [0.1, 0.15) is 28.8 Å². The first kappa shape index (κ1) is 25.1. The number of rotatable bonds is 6. The van der Waals surface area contributed by atoms with Gasteiger partial charge in [0, 0.05) is 16.3 Å². The van der Waals surface area contributed by atoms with Crippen molar-refractivity contribution in [3.63, 3.8) is 0 Å². The molecule has 1 amide bonds. The van der Waals surface area contributed by atoms with Gasteiger partial charge >= 0.3 is 6.16 Å². The molecule has 36 heavy (non-hydrogen) atoms. The molecule has 0 fully saturated rings. The predicted octanol–water partition coefficient (Wildman–Crippen LogP) is 4.35. The third-order valence-electron chi connectivity index (χ3n) is 5.09. The van der Waals surface area contributed by atoms with Crippen LogP contribution in [-0.4, -0.2) is 45.5 Å². The van der Waals surface area contributed by atoms with Gasteiger partial charge in [-0.1, -0.05) is 11.6 Å². The van der Waals surface area contributed by atoms with Gasteiger partial charge in [0.25, 0.3) is 22.2 Å². The van der Waals surface area contributed by atoms with E-state index in [4.69, 9.17) is 26.2 Å². The quantitative estimate of drug-likeness (QED) is 0.444. The van der Waals surface area contributed by atoms with Gasteiger partial charge in [0.2, 0.25) is 0 Å². The minimum absolute atomic E-state index is 0.00616. The lowest BCUT2D eigenvalue weighted by molar-refractivity contribution is -0.0497. The van der Waals surface area contributed by atoms with Crippen LogP contribution in [0.1, 0.15) is 10.4 Å².